The second kappa shape index (κ2) is 7.04. The average Bonchev–Trinajstić information content (AvgIpc) is 2.47. The van der Waals surface area contributed by atoms with Crippen molar-refractivity contribution in [1.29, 1.82) is 5.26 Å². The smallest absolute Gasteiger partial charge is 0.225 e. The van der Waals surface area contributed by atoms with E-state index in [-0.39, 0.29) is 5.91 Å². The Labute approximate surface area is 119 Å². The molecule has 0 atom stereocenters. The highest BCUT2D eigenvalue weighted by Gasteiger charge is 2.14. The molecule has 0 saturated carbocycles. The summed E-state index contributed by atoms with van der Waals surface area (Å²) in [5, 5.41) is 11.6. The van der Waals surface area contributed by atoms with Crippen LogP contribution in [-0.2, 0) is 4.79 Å². The fraction of sp³-hybridized carbons (Fsp3) is 0.467. The number of nitrogens with zero attached hydrogens (tertiary/aromatic N) is 3. The molecule has 5 nitrogen and oxygen atoms in total. The zero-order valence-corrected chi connectivity index (χ0v) is 11.8. The Bertz CT molecular complexity index is 484. The van der Waals surface area contributed by atoms with Crippen LogP contribution < -0.4 is 5.32 Å². The quantitative estimate of drug-likeness (QED) is 0.893. The minimum absolute atomic E-state index is 0.0219. The highest BCUT2D eigenvalue weighted by atomic mass is 16.1. The van der Waals surface area contributed by atoms with Crippen molar-refractivity contribution in [3.63, 3.8) is 0 Å². The number of anilines is 1. The van der Waals surface area contributed by atoms with Crippen LogP contribution in [0.5, 0.6) is 0 Å². The van der Waals surface area contributed by atoms with Crippen LogP contribution in [0.2, 0.25) is 0 Å². The van der Waals surface area contributed by atoms with E-state index in [0.29, 0.717) is 12.0 Å². The lowest BCUT2D eigenvalue weighted by Crippen LogP contribution is -2.45. The van der Waals surface area contributed by atoms with E-state index in [9.17, 15) is 4.79 Å². The molecule has 0 unspecified atom stereocenters. The Balaban J connectivity index is 1.73. The third-order valence-electron chi connectivity index (χ3n) is 3.55. The maximum absolute atomic E-state index is 11.9. The fourth-order valence-electron chi connectivity index (χ4n) is 2.18. The number of likely N-dealkylation sites (N-methyl/N-ethyl adjacent to an activating group) is 1. The summed E-state index contributed by atoms with van der Waals surface area (Å²) in [5.74, 6) is 0.0219. The molecule has 2 rings (SSSR count). The van der Waals surface area contributed by atoms with Gasteiger partial charge in [-0.15, -0.1) is 0 Å². The first-order valence-corrected chi connectivity index (χ1v) is 6.88. The summed E-state index contributed by atoms with van der Waals surface area (Å²) < 4.78 is 0. The van der Waals surface area contributed by atoms with E-state index < -0.39 is 0 Å². The lowest BCUT2D eigenvalue weighted by atomic mass is 10.2. The molecule has 1 fully saturated rings. The van der Waals surface area contributed by atoms with Crippen molar-refractivity contribution in [1.82, 2.24) is 9.80 Å². The Morgan fingerprint density at radius 3 is 2.50 bits per heavy atom. The first kappa shape index (κ1) is 14.5. The minimum atomic E-state index is 0.0219. The van der Waals surface area contributed by atoms with E-state index in [1.165, 1.54) is 0 Å². The Kier molecular flexibility index (Phi) is 5.10. The van der Waals surface area contributed by atoms with Gasteiger partial charge in [-0.1, -0.05) is 0 Å². The molecule has 1 aliphatic heterocycles. The summed E-state index contributed by atoms with van der Waals surface area (Å²) in [5.41, 5.74) is 1.34. The van der Waals surface area contributed by atoms with E-state index >= 15 is 0 Å². The van der Waals surface area contributed by atoms with E-state index in [1.807, 2.05) is 0 Å². The summed E-state index contributed by atoms with van der Waals surface area (Å²) >= 11 is 0. The van der Waals surface area contributed by atoms with Crippen LogP contribution in [0.1, 0.15) is 12.0 Å². The molecule has 1 N–H and O–H groups in total. The maximum Gasteiger partial charge on any atom is 0.225 e. The van der Waals surface area contributed by atoms with Gasteiger partial charge in [-0.25, -0.2) is 0 Å². The second-order valence-electron chi connectivity index (χ2n) is 5.13. The molecule has 0 spiro atoms. The molecule has 0 bridgehead atoms. The summed E-state index contributed by atoms with van der Waals surface area (Å²) in [4.78, 5) is 16.5. The third kappa shape index (κ3) is 4.34. The molecule has 1 heterocycles. The van der Waals surface area contributed by atoms with Gasteiger partial charge in [0.2, 0.25) is 5.91 Å². The third-order valence-corrected chi connectivity index (χ3v) is 3.55. The minimum Gasteiger partial charge on any atom is -0.326 e. The first-order valence-electron chi connectivity index (χ1n) is 6.88. The molecule has 20 heavy (non-hydrogen) atoms. The number of nitrogens with one attached hydrogen (secondary N) is 1. The number of benzene rings is 1. The monoisotopic (exact) mass is 272 g/mol. The lowest BCUT2D eigenvalue weighted by molar-refractivity contribution is -0.116. The molecule has 1 aromatic carbocycles. The standard InChI is InChI=1S/C15H20N4O/c1-18-8-10-19(11-9-18)7-6-15(20)17-14-4-2-13(12-16)3-5-14/h2-5H,6-11H2,1H3,(H,17,20). The van der Waals surface area contributed by atoms with Gasteiger partial charge in [-0.3, -0.25) is 4.79 Å². The van der Waals surface area contributed by atoms with Crippen molar-refractivity contribution in [3.8, 4) is 6.07 Å². The van der Waals surface area contributed by atoms with Crippen LogP contribution in [0.25, 0.3) is 0 Å². The van der Waals surface area contributed by atoms with Crippen molar-refractivity contribution in [2.75, 3.05) is 45.1 Å². The van der Waals surface area contributed by atoms with Crippen LogP contribution in [-0.4, -0.2) is 55.5 Å². The molecule has 5 heteroatoms. The number of amides is 1. The highest BCUT2D eigenvalue weighted by Crippen LogP contribution is 2.09. The first-order chi connectivity index (χ1) is 9.67. The van der Waals surface area contributed by atoms with Crippen molar-refractivity contribution >= 4 is 11.6 Å². The molecular weight excluding hydrogens is 252 g/mol. The number of hydrogen-bond acceptors (Lipinski definition) is 4. The van der Waals surface area contributed by atoms with Crippen LogP contribution in [0.15, 0.2) is 24.3 Å². The van der Waals surface area contributed by atoms with Crippen LogP contribution in [0, 0.1) is 11.3 Å². The van der Waals surface area contributed by atoms with Crippen LogP contribution in [0.4, 0.5) is 5.69 Å². The predicted octanol–water partition coefficient (Wildman–Crippen LogP) is 1.13. The van der Waals surface area contributed by atoms with Gasteiger partial charge in [0.1, 0.15) is 0 Å². The largest absolute Gasteiger partial charge is 0.326 e. The molecule has 0 aromatic heterocycles. The normalized spacial score (nSPS) is 16.6. The Hall–Kier alpha value is -1.90. The summed E-state index contributed by atoms with van der Waals surface area (Å²) in [6.45, 7) is 4.99. The number of hydrogen-bond donors (Lipinski definition) is 1. The molecule has 0 radical (unpaired) electrons. The Morgan fingerprint density at radius 1 is 1.25 bits per heavy atom. The van der Waals surface area contributed by atoms with E-state index in [2.05, 4.69) is 28.2 Å². The van der Waals surface area contributed by atoms with Gasteiger partial charge in [0.25, 0.3) is 0 Å². The zero-order valence-electron chi connectivity index (χ0n) is 11.8. The SMILES string of the molecule is CN1CCN(CCC(=O)Nc2ccc(C#N)cc2)CC1. The van der Waals surface area contributed by atoms with E-state index in [4.69, 9.17) is 5.26 Å². The second-order valence-corrected chi connectivity index (χ2v) is 5.13. The summed E-state index contributed by atoms with van der Waals surface area (Å²) in [6.07, 6.45) is 0.504. The molecule has 1 amide bonds. The van der Waals surface area contributed by atoms with Gasteiger partial charge in [-0.2, -0.15) is 5.26 Å². The predicted molar refractivity (Wildman–Crippen MR) is 78.3 cm³/mol. The number of rotatable bonds is 4. The molecule has 0 aliphatic carbocycles. The zero-order chi connectivity index (χ0) is 14.4. The van der Waals surface area contributed by atoms with E-state index in [1.54, 1.807) is 24.3 Å². The van der Waals surface area contributed by atoms with Crippen molar-refractivity contribution in [2.24, 2.45) is 0 Å². The topological polar surface area (TPSA) is 59.4 Å². The molecule has 1 saturated heterocycles. The lowest BCUT2D eigenvalue weighted by Gasteiger charge is -2.32. The number of nitriles is 1. The van der Waals surface area contributed by atoms with Gasteiger partial charge in [0, 0.05) is 44.8 Å². The van der Waals surface area contributed by atoms with Gasteiger partial charge >= 0.3 is 0 Å². The van der Waals surface area contributed by atoms with Crippen LogP contribution in [0.3, 0.4) is 0 Å². The van der Waals surface area contributed by atoms with Crippen LogP contribution >= 0.6 is 0 Å². The molecule has 1 aliphatic rings. The molecular formula is C15H20N4O. The maximum atomic E-state index is 11.9. The summed E-state index contributed by atoms with van der Waals surface area (Å²) in [7, 11) is 2.12. The highest BCUT2D eigenvalue weighted by molar-refractivity contribution is 5.90. The van der Waals surface area contributed by atoms with Gasteiger partial charge in [-0.05, 0) is 31.3 Å². The molecule has 1 aromatic rings. The summed E-state index contributed by atoms with van der Waals surface area (Å²) in [6, 6.07) is 8.98. The fourth-order valence-corrected chi connectivity index (χ4v) is 2.18. The number of carbonyl (C=O) groups is 1. The van der Waals surface area contributed by atoms with Gasteiger partial charge < -0.3 is 15.1 Å². The van der Waals surface area contributed by atoms with Gasteiger partial charge in [0.15, 0.2) is 0 Å². The van der Waals surface area contributed by atoms with Gasteiger partial charge in [0.05, 0.1) is 11.6 Å². The van der Waals surface area contributed by atoms with Crippen molar-refractivity contribution in [2.45, 2.75) is 6.42 Å². The number of carbonyl (C=O) groups excluding carboxylic acids is 1. The van der Waals surface area contributed by atoms with Crippen molar-refractivity contribution < 1.29 is 4.79 Å². The number of piperazine rings is 1. The molecule has 106 valence electrons. The van der Waals surface area contributed by atoms with E-state index in [0.717, 1.165) is 38.4 Å². The average molecular weight is 272 g/mol. The van der Waals surface area contributed by atoms with Crippen molar-refractivity contribution in [3.05, 3.63) is 29.8 Å². The Morgan fingerprint density at radius 2 is 1.90 bits per heavy atom.